The minimum atomic E-state index is -1.25. The molecule has 0 aliphatic heterocycles. The Morgan fingerprint density at radius 1 is 0.525 bits per heavy atom. The predicted octanol–water partition coefficient (Wildman–Crippen LogP) is 7.73. The van der Waals surface area contributed by atoms with Crippen LogP contribution in [0.2, 0.25) is 0 Å². The fraction of sp³-hybridized carbons (Fsp3) is 0.971. The van der Waals surface area contributed by atoms with E-state index in [9.17, 15) is 25.2 Å². The van der Waals surface area contributed by atoms with Crippen molar-refractivity contribution in [1.29, 1.82) is 0 Å². The third-order valence-electron chi connectivity index (χ3n) is 8.32. The van der Waals surface area contributed by atoms with E-state index < -0.39 is 36.9 Å². The second-order valence-corrected chi connectivity index (χ2v) is 12.2. The van der Waals surface area contributed by atoms with Crippen LogP contribution in [0.4, 0.5) is 0 Å². The molecule has 0 bridgehead atoms. The first-order chi connectivity index (χ1) is 19.5. The lowest BCUT2D eigenvalue weighted by Crippen LogP contribution is -2.53. The van der Waals surface area contributed by atoms with Crippen molar-refractivity contribution in [1.82, 2.24) is 5.32 Å². The van der Waals surface area contributed by atoms with Crippen molar-refractivity contribution < 1.29 is 25.2 Å². The number of aliphatic hydroxyl groups excluding tert-OH is 4. The Hall–Kier alpha value is -0.690. The molecule has 0 rings (SSSR count). The summed E-state index contributed by atoms with van der Waals surface area (Å²) in [6.45, 7) is 3.94. The third-order valence-corrected chi connectivity index (χ3v) is 8.32. The monoisotopic (exact) mass is 572 g/mol. The fourth-order valence-corrected chi connectivity index (χ4v) is 5.46. The first-order valence-electron chi connectivity index (χ1n) is 17.4. The highest BCUT2D eigenvalue weighted by Crippen LogP contribution is 2.16. The number of carbonyl (C=O) groups is 1. The molecule has 6 nitrogen and oxygen atoms in total. The van der Waals surface area contributed by atoms with Gasteiger partial charge in [0.25, 0.3) is 0 Å². The van der Waals surface area contributed by atoms with Crippen LogP contribution in [0.5, 0.6) is 0 Å². The molecule has 0 aromatic rings. The molecular weight excluding hydrogens is 502 g/mol. The van der Waals surface area contributed by atoms with Crippen LogP contribution in [0.1, 0.15) is 181 Å². The van der Waals surface area contributed by atoms with Crippen LogP contribution in [0.25, 0.3) is 0 Å². The summed E-state index contributed by atoms with van der Waals surface area (Å²) in [4.78, 5) is 12.3. The van der Waals surface area contributed by atoms with Crippen molar-refractivity contribution in [3.8, 4) is 0 Å². The number of unbranched alkanes of at least 4 members (excludes halogenated alkanes) is 22. The average Bonchev–Trinajstić information content (AvgIpc) is 2.96. The van der Waals surface area contributed by atoms with Gasteiger partial charge in [0.2, 0.25) is 5.91 Å². The SMILES string of the molecule is CCCCCCCCCCCCCCCCCCCCCC(O)C(=O)NC(CO)C(O)C(O)CCCCCCC. The zero-order valence-electron chi connectivity index (χ0n) is 26.6. The van der Waals surface area contributed by atoms with Gasteiger partial charge in [-0.15, -0.1) is 0 Å². The third kappa shape index (κ3) is 24.0. The van der Waals surface area contributed by atoms with Gasteiger partial charge in [0, 0.05) is 0 Å². The Balaban J connectivity index is 3.65. The second kappa shape index (κ2) is 29.8. The van der Waals surface area contributed by atoms with Gasteiger partial charge in [-0.2, -0.15) is 0 Å². The van der Waals surface area contributed by atoms with Crippen LogP contribution >= 0.6 is 0 Å². The summed E-state index contributed by atoms with van der Waals surface area (Å²) in [6.07, 6.45) is 27.4. The Morgan fingerprint density at radius 2 is 0.850 bits per heavy atom. The summed E-state index contributed by atoms with van der Waals surface area (Å²) in [5.74, 6) is -0.587. The maximum Gasteiger partial charge on any atom is 0.249 e. The Bertz CT molecular complexity index is 532. The number of hydrogen-bond acceptors (Lipinski definition) is 5. The highest BCUT2D eigenvalue weighted by Gasteiger charge is 2.28. The van der Waals surface area contributed by atoms with E-state index in [1.165, 1.54) is 103 Å². The van der Waals surface area contributed by atoms with E-state index in [1.807, 2.05) is 0 Å². The normalized spacial score (nSPS) is 14.7. The van der Waals surface area contributed by atoms with Gasteiger partial charge in [-0.1, -0.05) is 168 Å². The molecule has 1 amide bonds. The van der Waals surface area contributed by atoms with Gasteiger partial charge >= 0.3 is 0 Å². The number of amides is 1. The molecule has 0 heterocycles. The van der Waals surface area contributed by atoms with E-state index in [2.05, 4.69) is 19.2 Å². The van der Waals surface area contributed by atoms with Gasteiger partial charge in [-0.3, -0.25) is 4.79 Å². The summed E-state index contributed by atoms with van der Waals surface area (Å²) >= 11 is 0. The van der Waals surface area contributed by atoms with E-state index in [-0.39, 0.29) is 0 Å². The molecule has 0 aliphatic rings. The molecule has 0 saturated heterocycles. The molecule has 6 heteroatoms. The van der Waals surface area contributed by atoms with Crippen LogP contribution in [-0.2, 0) is 4.79 Å². The maximum atomic E-state index is 12.3. The molecule has 0 fully saturated rings. The van der Waals surface area contributed by atoms with Crippen molar-refractivity contribution >= 4 is 5.91 Å². The standard InChI is InChI=1S/C34H69NO5/c1-3-5-7-9-10-11-12-13-14-15-16-17-18-19-20-21-22-24-26-28-32(38)34(40)35-30(29-36)33(39)31(37)27-25-23-8-6-4-2/h30-33,36-39H,3-29H2,1-2H3,(H,35,40). The molecule has 0 aliphatic carbocycles. The van der Waals surface area contributed by atoms with E-state index in [4.69, 9.17) is 0 Å². The van der Waals surface area contributed by atoms with Gasteiger partial charge in [-0.25, -0.2) is 0 Å². The van der Waals surface area contributed by atoms with E-state index >= 15 is 0 Å². The van der Waals surface area contributed by atoms with Gasteiger partial charge in [0.15, 0.2) is 0 Å². The minimum Gasteiger partial charge on any atom is -0.394 e. The Morgan fingerprint density at radius 3 is 1.20 bits per heavy atom. The molecule has 0 radical (unpaired) electrons. The summed E-state index contributed by atoms with van der Waals surface area (Å²) < 4.78 is 0. The highest BCUT2D eigenvalue weighted by molar-refractivity contribution is 5.80. The average molecular weight is 572 g/mol. The zero-order chi connectivity index (χ0) is 29.7. The topological polar surface area (TPSA) is 110 Å². The zero-order valence-corrected chi connectivity index (χ0v) is 26.6. The predicted molar refractivity (Wildman–Crippen MR) is 168 cm³/mol. The van der Waals surface area contributed by atoms with Crippen molar-refractivity contribution in [2.24, 2.45) is 0 Å². The Labute approximate surface area is 248 Å². The number of rotatable bonds is 31. The van der Waals surface area contributed by atoms with E-state index in [0.29, 0.717) is 12.8 Å². The van der Waals surface area contributed by atoms with Crippen LogP contribution in [-0.4, -0.2) is 57.3 Å². The van der Waals surface area contributed by atoms with Crippen molar-refractivity contribution in [3.05, 3.63) is 0 Å². The first kappa shape index (κ1) is 39.3. The van der Waals surface area contributed by atoms with E-state index in [0.717, 1.165) is 51.4 Å². The quantitative estimate of drug-likeness (QED) is 0.0547. The van der Waals surface area contributed by atoms with Gasteiger partial charge in [0.05, 0.1) is 18.8 Å². The van der Waals surface area contributed by atoms with Crippen molar-refractivity contribution in [3.63, 3.8) is 0 Å². The van der Waals surface area contributed by atoms with Crippen LogP contribution in [0.3, 0.4) is 0 Å². The molecular formula is C34H69NO5. The smallest absolute Gasteiger partial charge is 0.249 e. The van der Waals surface area contributed by atoms with Gasteiger partial charge in [0.1, 0.15) is 12.2 Å². The number of aliphatic hydroxyl groups is 4. The first-order valence-corrected chi connectivity index (χ1v) is 17.4. The van der Waals surface area contributed by atoms with Crippen molar-refractivity contribution in [2.45, 2.75) is 205 Å². The molecule has 0 aromatic heterocycles. The van der Waals surface area contributed by atoms with Crippen LogP contribution in [0.15, 0.2) is 0 Å². The molecule has 4 unspecified atom stereocenters. The van der Waals surface area contributed by atoms with Crippen LogP contribution < -0.4 is 5.32 Å². The lowest BCUT2D eigenvalue weighted by Gasteiger charge is -2.27. The Kier molecular flexibility index (Phi) is 29.3. The molecule has 40 heavy (non-hydrogen) atoms. The molecule has 0 aromatic carbocycles. The van der Waals surface area contributed by atoms with Gasteiger partial charge in [-0.05, 0) is 12.8 Å². The van der Waals surface area contributed by atoms with Crippen LogP contribution in [0, 0.1) is 0 Å². The lowest BCUT2D eigenvalue weighted by atomic mass is 9.99. The largest absolute Gasteiger partial charge is 0.394 e. The molecule has 240 valence electrons. The summed E-state index contributed by atoms with van der Waals surface area (Å²) in [7, 11) is 0. The van der Waals surface area contributed by atoms with Crippen molar-refractivity contribution in [2.75, 3.05) is 6.61 Å². The summed E-state index contributed by atoms with van der Waals surface area (Å²) in [5.41, 5.74) is 0. The van der Waals surface area contributed by atoms with Gasteiger partial charge < -0.3 is 25.7 Å². The summed E-state index contributed by atoms with van der Waals surface area (Å²) in [6, 6.07) is -0.974. The molecule has 0 saturated carbocycles. The molecule has 0 spiro atoms. The molecule has 4 atom stereocenters. The fourth-order valence-electron chi connectivity index (χ4n) is 5.46. The molecule has 5 N–H and O–H groups in total. The lowest BCUT2D eigenvalue weighted by molar-refractivity contribution is -0.132. The number of nitrogens with one attached hydrogen (secondary N) is 1. The minimum absolute atomic E-state index is 0.374. The summed E-state index contributed by atoms with van der Waals surface area (Å²) in [5, 5.41) is 42.9. The second-order valence-electron chi connectivity index (χ2n) is 12.2. The number of hydrogen-bond donors (Lipinski definition) is 5. The number of carbonyl (C=O) groups excluding carboxylic acids is 1. The van der Waals surface area contributed by atoms with E-state index in [1.54, 1.807) is 0 Å². The highest BCUT2D eigenvalue weighted by atomic mass is 16.3. The maximum absolute atomic E-state index is 12.3.